The molecule has 81 valence electrons. The predicted molar refractivity (Wildman–Crippen MR) is 69.5 cm³/mol. The van der Waals surface area contributed by atoms with E-state index < -0.39 is 0 Å². The molecule has 1 aliphatic rings. The highest BCUT2D eigenvalue weighted by molar-refractivity contribution is 5.83. The van der Waals surface area contributed by atoms with Crippen molar-refractivity contribution in [2.24, 2.45) is 0 Å². The molecule has 0 saturated heterocycles. The minimum Gasteiger partial charge on any atom is -0.0616 e. The number of hydrogen-bond donors (Lipinski definition) is 0. The number of rotatable bonds is 1. The molecule has 0 nitrogen and oxygen atoms in total. The summed E-state index contributed by atoms with van der Waals surface area (Å²) >= 11 is 0. The van der Waals surface area contributed by atoms with E-state index in [0.29, 0.717) is 0 Å². The van der Waals surface area contributed by atoms with E-state index in [1.165, 1.54) is 42.0 Å². The summed E-state index contributed by atoms with van der Waals surface area (Å²) < 4.78 is 0. The van der Waals surface area contributed by atoms with E-state index in [9.17, 15) is 0 Å². The van der Waals surface area contributed by atoms with Crippen molar-refractivity contribution in [2.75, 3.05) is 0 Å². The Morgan fingerprint density at radius 2 is 1.56 bits per heavy atom. The van der Waals surface area contributed by atoms with E-state index in [1.807, 2.05) is 0 Å². The fourth-order valence-corrected chi connectivity index (χ4v) is 2.72. The maximum Gasteiger partial charge on any atom is -0.0162 e. The number of benzene rings is 2. The molecule has 0 heterocycles. The molecule has 0 atom stereocenters. The average molecular weight is 209 g/mol. The van der Waals surface area contributed by atoms with E-state index in [2.05, 4.69) is 48.9 Å². The molecule has 16 heavy (non-hydrogen) atoms. The summed E-state index contributed by atoms with van der Waals surface area (Å²) in [6.45, 7) is 0. The van der Waals surface area contributed by atoms with Crippen LogP contribution in [-0.2, 0) is 0 Å². The first-order valence-electron chi connectivity index (χ1n) is 6.24. The van der Waals surface area contributed by atoms with E-state index in [4.69, 9.17) is 0 Å². The van der Waals surface area contributed by atoms with Gasteiger partial charge in [-0.3, -0.25) is 0 Å². The van der Waals surface area contributed by atoms with E-state index in [0.717, 1.165) is 5.92 Å². The van der Waals surface area contributed by atoms with Gasteiger partial charge in [-0.25, -0.2) is 0 Å². The van der Waals surface area contributed by atoms with Crippen LogP contribution in [0.25, 0.3) is 10.8 Å². The highest BCUT2D eigenvalue weighted by atomic mass is 14.2. The molecule has 1 radical (unpaired) electrons. The Bertz CT molecular complexity index is 478. The first-order chi connectivity index (χ1) is 7.93. The molecule has 1 saturated carbocycles. The minimum absolute atomic E-state index is 0.787. The summed E-state index contributed by atoms with van der Waals surface area (Å²) in [5, 5.41) is 2.74. The lowest BCUT2D eigenvalue weighted by Gasteiger charge is -2.22. The Morgan fingerprint density at radius 3 is 2.38 bits per heavy atom. The Balaban J connectivity index is 1.97. The Morgan fingerprint density at radius 1 is 0.812 bits per heavy atom. The van der Waals surface area contributed by atoms with E-state index in [-0.39, 0.29) is 0 Å². The van der Waals surface area contributed by atoms with Crippen LogP contribution in [0, 0.1) is 6.42 Å². The van der Waals surface area contributed by atoms with Gasteiger partial charge in [-0.2, -0.15) is 0 Å². The van der Waals surface area contributed by atoms with Gasteiger partial charge in [-0.05, 0) is 54.4 Å². The first-order valence-corrected chi connectivity index (χ1v) is 6.24. The van der Waals surface area contributed by atoms with Crippen molar-refractivity contribution in [3.8, 4) is 0 Å². The lowest BCUT2D eigenvalue weighted by Crippen LogP contribution is -2.04. The van der Waals surface area contributed by atoms with Gasteiger partial charge in [0.15, 0.2) is 0 Å². The van der Waals surface area contributed by atoms with Gasteiger partial charge in [0.1, 0.15) is 0 Å². The lowest BCUT2D eigenvalue weighted by molar-refractivity contribution is 0.512. The molecular formula is C16H17. The fourth-order valence-electron chi connectivity index (χ4n) is 2.72. The zero-order valence-electron chi connectivity index (χ0n) is 9.52. The molecule has 1 aliphatic carbocycles. The van der Waals surface area contributed by atoms with Gasteiger partial charge in [0.05, 0.1) is 0 Å². The summed E-state index contributed by atoms with van der Waals surface area (Å²) in [4.78, 5) is 0. The Labute approximate surface area is 97.3 Å². The standard InChI is InChI=1S/C16H17/c1-2-6-13(7-3-1)16-11-10-14-8-4-5-9-15(14)12-16/h1,4-5,8-13H,2-3,6-7H2. The van der Waals surface area contributed by atoms with Crippen LogP contribution in [0.5, 0.6) is 0 Å². The minimum atomic E-state index is 0.787. The van der Waals surface area contributed by atoms with Gasteiger partial charge in [-0.15, -0.1) is 0 Å². The van der Waals surface area contributed by atoms with Gasteiger partial charge in [0.2, 0.25) is 0 Å². The van der Waals surface area contributed by atoms with Crippen LogP contribution < -0.4 is 0 Å². The van der Waals surface area contributed by atoms with E-state index >= 15 is 0 Å². The second-order valence-electron chi connectivity index (χ2n) is 4.75. The number of hydrogen-bond acceptors (Lipinski definition) is 0. The zero-order valence-corrected chi connectivity index (χ0v) is 9.52. The predicted octanol–water partition coefficient (Wildman–Crippen LogP) is 4.70. The van der Waals surface area contributed by atoms with E-state index in [1.54, 1.807) is 0 Å². The van der Waals surface area contributed by atoms with Crippen LogP contribution >= 0.6 is 0 Å². The van der Waals surface area contributed by atoms with Crippen molar-refractivity contribution in [1.29, 1.82) is 0 Å². The Kier molecular flexibility index (Phi) is 2.65. The van der Waals surface area contributed by atoms with Crippen molar-refractivity contribution in [3.63, 3.8) is 0 Å². The van der Waals surface area contributed by atoms with Crippen LogP contribution in [-0.4, -0.2) is 0 Å². The summed E-state index contributed by atoms with van der Waals surface area (Å²) in [5.74, 6) is 0.787. The molecule has 0 aliphatic heterocycles. The molecule has 2 aromatic rings. The molecule has 0 aromatic heterocycles. The molecular weight excluding hydrogens is 192 g/mol. The van der Waals surface area contributed by atoms with Crippen molar-refractivity contribution in [3.05, 3.63) is 54.4 Å². The lowest BCUT2D eigenvalue weighted by atomic mass is 9.83. The molecule has 0 spiro atoms. The average Bonchev–Trinajstić information content (AvgIpc) is 2.39. The maximum atomic E-state index is 2.43. The fraction of sp³-hybridized carbons (Fsp3) is 0.312. The third kappa shape index (κ3) is 1.84. The summed E-state index contributed by atoms with van der Waals surface area (Å²) in [5.41, 5.74) is 1.53. The van der Waals surface area contributed by atoms with Crippen molar-refractivity contribution in [2.45, 2.75) is 31.6 Å². The quantitative estimate of drug-likeness (QED) is 0.638. The van der Waals surface area contributed by atoms with Gasteiger partial charge >= 0.3 is 0 Å². The molecule has 0 unspecified atom stereocenters. The van der Waals surface area contributed by atoms with Gasteiger partial charge in [0, 0.05) is 0 Å². The summed E-state index contributed by atoms with van der Waals surface area (Å²) in [6, 6.07) is 15.6. The monoisotopic (exact) mass is 209 g/mol. The third-order valence-electron chi connectivity index (χ3n) is 3.68. The highest BCUT2D eigenvalue weighted by Crippen LogP contribution is 2.33. The second-order valence-corrected chi connectivity index (χ2v) is 4.75. The molecule has 1 fully saturated rings. The van der Waals surface area contributed by atoms with Crippen molar-refractivity contribution >= 4 is 10.8 Å². The van der Waals surface area contributed by atoms with Crippen LogP contribution in [0.3, 0.4) is 0 Å². The van der Waals surface area contributed by atoms with Gasteiger partial charge < -0.3 is 0 Å². The van der Waals surface area contributed by atoms with Gasteiger partial charge in [0.25, 0.3) is 0 Å². The van der Waals surface area contributed by atoms with Crippen molar-refractivity contribution < 1.29 is 0 Å². The number of fused-ring (bicyclic) bond motifs is 1. The molecule has 2 aromatic carbocycles. The molecule has 0 heteroatoms. The molecule has 0 amide bonds. The third-order valence-corrected chi connectivity index (χ3v) is 3.68. The van der Waals surface area contributed by atoms with Crippen LogP contribution in [0.2, 0.25) is 0 Å². The largest absolute Gasteiger partial charge is 0.0616 e. The second kappa shape index (κ2) is 4.29. The molecule has 3 rings (SSSR count). The molecule has 0 N–H and O–H groups in total. The summed E-state index contributed by atoms with van der Waals surface area (Å²) in [7, 11) is 0. The maximum absolute atomic E-state index is 2.43. The normalized spacial score (nSPS) is 17.8. The van der Waals surface area contributed by atoms with Crippen molar-refractivity contribution in [1.82, 2.24) is 0 Å². The first kappa shape index (κ1) is 9.89. The summed E-state index contributed by atoms with van der Waals surface area (Å²) in [6.07, 6.45) is 7.67. The highest BCUT2D eigenvalue weighted by Gasteiger charge is 2.15. The van der Waals surface area contributed by atoms with Crippen LogP contribution in [0.4, 0.5) is 0 Å². The topological polar surface area (TPSA) is 0 Å². The Hall–Kier alpha value is -1.30. The zero-order chi connectivity index (χ0) is 10.8. The van der Waals surface area contributed by atoms with Crippen LogP contribution in [0.15, 0.2) is 42.5 Å². The SMILES string of the molecule is [CH]1CCC(c2ccc3ccccc3c2)CC1. The smallest absolute Gasteiger partial charge is 0.0162 e. The van der Waals surface area contributed by atoms with Gasteiger partial charge in [-0.1, -0.05) is 42.5 Å². The van der Waals surface area contributed by atoms with Crippen LogP contribution in [0.1, 0.15) is 37.2 Å². The molecule has 0 bridgehead atoms.